The highest BCUT2D eigenvalue weighted by molar-refractivity contribution is 8.00. The van der Waals surface area contributed by atoms with Crippen LogP contribution in [0.4, 0.5) is 11.4 Å². The van der Waals surface area contributed by atoms with Crippen molar-refractivity contribution in [1.82, 2.24) is 0 Å². The molecule has 0 bridgehead atoms. The number of nitrogens with zero attached hydrogens (tertiary/aromatic N) is 1. The van der Waals surface area contributed by atoms with Gasteiger partial charge < -0.3 is 10.2 Å². The van der Waals surface area contributed by atoms with E-state index in [2.05, 4.69) is 43.1 Å². The molecule has 23 heavy (non-hydrogen) atoms. The van der Waals surface area contributed by atoms with Crippen molar-refractivity contribution in [3.8, 4) is 0 Å². The topological polar surface area (TPSA) is 32.3 Å². The number of benzene rings is 2. The molecule has 2 aromatic carbocycles. The second kappa shape index (κ2) is 8.63. The number of rotatable bonds is 7. The first-order valence-corrected chi connectivity index (χ1v) is 8.93. The molecular formula is C19H24N2OS. The maximum Gasteiger partial charge on any atom is 0.234 e. The van der Waals surface area contributed by atoms with Crippen LogP contribution in [0.1, 0.15) is 20.8 Å². The van der Waals surface area contributed by atoms with Gasteiger partial charge >= 0.3 is 0 Å². The summed E-state index contributed by atoms with van der Waals surface area (Å²) in [6.07, 6.45) is 0. The van der Waals surface area contributed by atoms with Crippen molar-refractivity contribution >= 4 is 29.0 Å². The standard InChI is InChI=1S/C19H24N2OS/c1-4-21(15(2)3)17-12-10-16(11-13-17)20-19(22)14-23-18-8-6-5-7-9-18/h5-13,15H,4,14H2,1-3H3,(H,20,22). The van der Waals surface area contributed by atoms with E-state index in [-0.39, 0.29) is 5.91 Å². The van der Waals surface area contributed by atoms with Crippen LogP contribution in [-0.2, 0) is 4.79 Å². The van der Waals surface area contributed by atoms with Gasteiger partial charge in [-0.05, 0) is 57.2 Å². The molecule has 3 nitrogen and oxygen atoms in total. The predicted molar refractivity (Wildman–Crippen MR) is 100 cm³/mol. The van der Waals surface area contributed by atoms with Crippen LogP contribution in [0.25, 0.3) is 0 Å². The fraction of sp³-hybridized carbons (Fsp3) is 0.316. The van der Waals surface area contributed by atoms with E-state index in [1.165, 1.54) is 5.69 Å². The van der Waals surface area contributed by atoms with Crippen LogP contribution in [0, 0.1) is 0 Å². The number of carbonyl (C=O) groups is 1. The van der Waals surface area contributed by atoms with Crippen LogP contribution in [0.3, 0.4) is 0 Å². The molecule has 2 aromatic rings. The Bertz CT molecular complexity index is 611. The average molecular weight is 328 g/mol. The number of thioether (sulfide) groups is 1. The van der Waals surface area contributed by atoms with Crippen LogP contribution in [-0.4, -0.2) is 24.2 Å². The van der Waals surface area contributed by atoms with Gasteiger partial charge in [-0.15, -0.1) is 11.8 Å². The number of nitrogens with one attached hydrogen (secondary N) is 1. The molecule has 0 aliphatic carbocycles. The van der Waals surface area contributed by atoms with Gasteiger partial charge in [-0.1, -0.05) is 18.2 Å². The Morgan fingerprint density at radius 2 is 1.74 bits per heavy atom. The minimum atomic E-state index is 0.0165. The molecule has 0 aromatic heterocycles. The zero-order chi connectivity index (χ0) is 16.7. The van der Waals surface area contributed by atoms with Crippen molar-refractivity contribution in [2.24, 2.45) is 0 Å². The van der Waals surface area contributed by atoms with Crippen LogP contribution >= 0.6 is 11.8 Å². The Morgan fingerprint density at radius 1 is 1.09 bits per heavy atom. The van der Waals surface area contributed by atoms with Crippen molar-refractivity contribution in [3.63, 3.8) is 0 Å². The summed E-state index contributed by atoms with van der Waals surface area (Å²) >= 11 is 1.54. The van der Waals surface area contributed by atoms with E-state index in [0.717, 1.165) is 17.1 Å². The third-order valence-corrected chi connectivity index (χ3v) is 4.57. The number of amides is 1. The minimum absolute atomic E-state index is 0.0165. The van der Waals surface area contributed by atoms with Gasteiger partial charge in [0.05, 0.1) is 5.75 Å². The van der Waals surface area contributed by atoms with E-state index in [9.17, 15) is 4.79 Å². The van der Waals surface area contributed by atoms with Crippen molar-refractivity contribution < 1.29 is 4.79 Å². The molecule has 0 spiro atoms. The number of hydrogen-bond acceptors (Lipinski definition) is 3. The van der Waals surface area contributed by atoms with Gasteiger partial charge in [-0.25, -0.2) is 0 Å². The molecule has 2 rings (SSSR count). The zero-order valence-electron chi connectivity index (χ0n) is 14.0. The first-order chi connectivity index (χ1) is 11.1. The molecule has 0 radical (unpaired) electrons. The Kier molecular flexibility index (Phi) is 6.53. The molecule has 1 N–H and O–H groups in total. The lowest BCUT2D eigenvalue weighted by molar-refractivity contribution is -0.113. The quantitative estimate of drug-likeness (QED) is 0.751. The van der Waals surface area contributed by atoms with E-state index in [0.29, 0.717) is 11.8 Å². The second-order valence-corrected chi connectivity index (χ2v) is 6.63. The van der Waals surface area contributed by atoms with Gasteiger partial charge in [0.25, 0.3) is 0 Å². The second-order valence-electron chi connectivity index (χ2n) is 5.58. The third kappa shape index (κ3) is 5.32. The van der Waals surface area contributed by atoms with Gasteiger partial charge in [-0.2, -0.15) is 0 Å². The van der Waals surface area contributed by atoms with Crippen molar-refractivity contribution in [2.75, 3.05) is 22.5 Å². The van der Waals surface area contributed by atoms with Crippen LogP contribution < -0.4 is 10.2 Å². The summed E-state index contributed by atoms with van der Waals surface area (Å²) in [5, 5.41) is 2.95. The van der Waals surface area contributed by atoms with Crippen molar-refractivity contribution in [3.05, 3.63) is 54.6 Å². The molecule has 0 atom stereocenters. The Balaban J connectivity index is 1.89. The van der Waals surface area contributed by atoms with Crippen molar-refractivity contribution in [2.45, 2.75) is 31.7 Å². The van der Waals surface area contributed by atoms with Crippen LogP contribution in [0.15, 0.2) is 59.5 Å². The van der Waals surface area contributed by atoms with Gasteiger partial charge in [0.2, 0.25) is 5.91 Å². The highest BCUT2D eigenvalue weighted by Gasteiger charge is 2.08. The number of anilines is 2. The van der Waals surface area contributed by atoms with E-state index < -0.39 is 0 Å². The number of carbonyl (C=O) groups excluding carboxylic acids is 1. The Hall–Kier alpha value is -1.94. The van der Waals surface area contributed by atoms with Crippen LogP contribution in [0.2, 0.25) is 0 Å². The fourth-order valence-corrected chi connectivity index (χ4v) is 3.16. The van der Waals surface area contributed by atoms with E-state index in [1.54, 1.807) is 11.8 Å². The fourth-order valence-electron chi connectivity index (χ4n) is 2.44. The molecule has 0 aliphatic heterocycles. The average Bonchev–Trinajstić information content (AvgIpc) is 2.56. The van der Waals surface area contributed by atoms with Gasteiger partial charge in [0.15, 0.2) is 0 Å². The first kappa shape index (κ1) is 17.4. The third-order valence-electron chi connectivity index (χ3n) is 3.56. The molecule has 0 saturated carbocycles. The van der Waals surface area contributed by atoms with Gasteiger partial charge in [0, 0.05) is 28.9 Å². The summed E-state index contributed by atoms with van der Waals surface area (Å²) in [7, 11) is 0. The smallest absolute Gasteiger partial charge is 0.234 e. The highest BCUT2D eigenvalue weighted by atomic mass is 32.2. The van der Waals surface area contributed by atoms with Gasteiger partial charge in [-0.3, -0.25) is 4.79 Å². The molecule has 0 heterocycles. The molecule has 122 valence electrons. The number of hydrogen-bond donors (Lipinski definition) is 1. The Morgan fingerprint density at radius 3 is 2.30 bits per heavy atom. The maximum atomic E-state index is 12.0. The predicted octanol–water partition coefficient (Wildman–Crippen LogP) is 4.65. The molecule has 0 saturated heterocycles. The summed E-state index contributed by atoms with van der Waals surface area (Å²) in [5.41, 5.74) is 2.02. The lowest BCUT2D eigenvalue weighted by Gasteiger charge is -2.27. The SMILES string of the molecule is CCN(c1ccc(NC(=O)CSc2ccccc2)cc1)C(C)C. The van der Waals surface area contributed by atoms with Crippen molar-refractivity contribution in [1.29, 1.82) is 0 Å². The molecule has 1 amide bonds. The maximum absolute atomic E-state index is 12.0. The molecule has 0 unspecified atom stereocenters. The largest absolute Gasteiger partial charge is 0.369 e. The lowest BCUT2D eigenvalue weighted by Crippen LogP contribution is -2.30. The van der Waals surface area contributed by atoms with Crippen LogP contribution in [0.5, 0.6) is 0 Å². The zero-order valence-corrected chi connectivity index (χ0v) is 14.8. The molecule has 0 fully saturated rings. The Labute approximate surface area is 143 Å². The molecule has 0 aliphatic rings. The highest BCUT2D eigenvalue weighted by Crippen LogP contribution is 2.21. The summed E-state index contributed by atoms with van der Waals surface area (Å²) in [6.45, 7) is 7.48. The normalized spacial score (nSPS) is 10.6. The molecular weight excluding hydrogens is 304 g/mol. The first-order valence-electron chi connectivity index (χ1n) is 7.94. The lowest BCUT2D eigenvalue weighted by atomic mass is 10.2. The summed E-state index contributed by atoms with van der Waals surface area (Å²) in [4.78, 5) is 15.4. The van der Waals surface area contributed by atoms with Gasteiger partial charge in [0.1, 0.15) is 0 Å². The minimum Gasteiger partial charge on any atom is -0.369 e. The molecule has 4 heteroatoms. The van der Waals surface area contributed by atoms with E-state index in [1.807, 2.05) is 42.5 Å². The summed E-state index contributed by atoms with van der Waals surface area (Å²) in [5.74, 6) is 0.432. The summed E-state index contributed by atoms with van der Waals surface area (Å²) < 4.78 is 0. The van der Waals surface area contributed by atoms with E-state index in [4.69, 9.17) is 0 Å². The summed E-state index contributed by atoms with van der Waals surface area (Å²) in [6, 6.07) is 18.5. The van der Waals surface area contributed by atoms with E-state index >= 15 is 0 Å². The monoisotopic (exact) mass is 328 g/mol.